The predicted molar refractivity (Wildman–Crippen MR) is 92.1 cm³/mol. The number of rotatable bonds is 5. The summed E-state index contributed by atoms with van der Waals surface area (Å²) in [6.07, 6.45) is 14.0. The van der Waals surface area contributed by atoms with Crippen LogP contribution in [0.3, 0.4) is 0 Å². The van der Waals surface area contributed by atoms with Crippen molar-refractivity contribution >= 4 is 9.52 Å². The monoisotopic (exact) mass is 294 g/mol. The minimum absolute atomic E-state index is 0.000791. The van der Waals surface area contributed by atoms with Crippen molar-refractivity contribution in [2.45, 2.75) is 64.3 Å². The number of likely N-dealkylation sites (tertiary alicyclic amines) is 2. The molecule has 0 spiro atoms. The topological polar surface area (TPSA) is 6.48 Å². The summed E-state index contributed by atoms with van der Waals surface area (Å²) in [5.41, 5.74) is 0. The summed E-state index contributed by atoms with van der Waals surface area (Å²) in [4.78, 5) is 5.32. The van der Waals surface area contributed by atoms with Gasteiger partial charge in [0.1, 0.15) is 0 Å². The van der Waals surface area contributed by atoms with Gasteiger partial charge in [-0.15, -0.1) is 0 Å². The summed E-state index contributed by atoms with van der Waals surface area (Å²) in [7, 11) is 0.000791. The van der Waals surface area contributed by atoms with Gasteiger partial charge >= 0.3 is 0 Å². The first-order valence-corrected chi connectivity index (χ1v) is 10.7. The van der Waals surface area contributed by atoms with Crippen LogP contribution in [0.15, 0.2) is 11.4 Å². The third-order valence-electron chi connectivity index (χ3n) is 4.79. The van der Waals surface area contributed by atoms with E-state index in [0.717, 1.165) is 0 Å². The fourth-order valence-corrected chi connectivity index (χ4v) is 5.09. The zero-order chi connectivity index (χ0) is 14.0. The maximum atomic E-state index is 2.72. The van der Waals surface area contributed by atoms with E-state index in [1.807, 2.05) is 0 Å². The van der Waals surface area contributed by atoms with Crippen molar-refractivity contribution in [2.24, 2.45) is 0 Å². The highest BCUT2D eigenvalue weighted by molar-refractivity contribution is 6.45. The van der Waals surface area contributed by atoms with Gasteiger partial charge in [0.05, 0.1) is 9.52 Å². The first-order valence-electron chi connectivity index (χ1n) is 8.98. The SMILES string of the molecule is CC(=CN1CCCCCC1)[SiH2]CCN1CCCCCC1. The van der Waals surface area contributed by atoms with Gasteiger partial charge in [-0.1, -0.05) is 30.9 Å². The molecule has 0 aromatic heterocycles. The molecule has 0 amide bonds. The normalized spacial score (nSPS) is 24.1. The molecular formula is C17H34N2Si. The lowest BCUT2D eigenvalue weighted by molar-refractivity contribution is 0.300. The quantitative estimate of drug-likeness (QED) is 0.719. The highest BCUT2D eigenvalue weighted by Gasteiger charge is 2.09. The molecule has 2 aliphatic rings. The molecule has 0 bridgehead atoms. The Morgan fingerprint density at radius 2 is 1.40 bits per heavy atom. The van der Waals surface area contributed by atoms with E-state index in [4.69, 9.17) is 0 Å². The fourth-order valence-electron chi connectivity index (χ4n) is 3.54. The van der Waals surface area contributed by atoms with Gasteiger partial charge in [-0.05, 0) is 64.5 Å². The highest BCUT2D eigenvalue weighted by Crippen LogP contribution is 2.12. The Balaban J connectivity index is 1.64. The van der Waals surface area contributed by atoms with Crippen LogP contribution in [0.5, 0.6) is 0 Å². The summed E-state index contributed by atoms with van der Waals surface area (Å²) < 4.78 is 0. The van der Waals surface area contributed by atoms with Crippen molar-refractivity contribution < 1.29 is 0 Å². The van der Waals surface area contributed by atoms with E-state index in [9.17, 15) is 0 Å². The Morgan fingerprint density at radius 3 is 2.00 bits per heavy atom. The summed E-state index contributed by atoms with van der Waals surface area (Å²) in [6.45, 7) is 9.10. The van der Waals surface area contributed by atoms with Gasteiger partial charge in [0.25, 0.3) is 0 Å². The molecule has 0 radical (unpaired) electrons. The summed E-state index contributed by atoms with van der Waals surface area (Å²) >= 11 is 0. The van der Waals surface area contributed by atoms with Crippen LogP contribution in [-0.4, -0.2) is 52.0 Å². The van der Waals surface area contributed by atoms with Crippen molar-refractivity contribution in [3.63, 3.8) is 0 Å². The summed E-state index contributed by atoms with van der Waals surface area (Å²) in [5, 5.41) is 1.72. The highest BCUT2D eigenvalue weighted by atomic mass is 28.2. The fraction of sp³-hybridized carbons (Fsp3) is 0.882. The Bertz CT molecular complexity index is 275. The number of allylic oxidation sites excluding steroid dienone is 1. The molecule has 0 aliphatic carbocycles. The van der Waals surface area contributed by atoms with E-state index in [2.05, 4.69) is 22.9 Å². The minimum atomic E-state index is 0.000791. The van der Waals surface area contributed by atoms with E-state index in [1.54, 1.807) is 5.20 Å². The Labute approximate surface area is 128 Å². The maximum absolute atomic E-state index is 2.72. The molecule has 2 rings (SSSR count). The van der Waals surface area contributed by atoms with E-state index in [-0.39, 0.29) is 9.52 Å². The third kappa shape index (κ3) is 6.44. The van der Waals surface area contributed by atoms with Crippen LogP contribution < -0.4 is 0 Å². The molecule has 3 heteroatoms. The van der Waals surface area contributed by atoms with Crippen molar-refractivity contribution in [1.29, 1.82) is 0 Å². The number of hydrogen-bond donors (Lipinski definition) is 0. The molecule has 2 nitrogen and oxygen atoms in total. The Kier molecular flexibility index (Phi) is 7.74. The van der Waals surface area contributed by atoms with E-state index >= 15 is 0 Å². The van der Waals surface area contributed by atoms with Gasteiger partial charge in [0.15, 0.2) is 0 Å². The van der Waals surface area contributed by atoms with Crippen LogP contribution in [-0.2, 0) is 0 Å². The molecule has 20 heavy (non-hydrogen) atoms. The van der Waals surface area contributed by atoms with E-state index in [1.165, 1.54) is 90.1 Å². The molecule has 0 aromatic carbocycles. The predicted octanol–water partition coefficient (Wildman–Crippen LogP) is 3.19. The van der Waals surface area contributed by atoms with Crippen molar-refractivity contribution in [1.82, 2.24) is 9.80 Å². The van der Waals surface area contributed by atoms with Crippen LogP contribution in [0.4, 0.5) is 0 Å². The number of hydrogen-bond acceptors (Lipinski definition) is 2. The first-order chi connectivity index (χ1) is 9.84. The van der Waals surface area contributed by atoms with E-state index in [0.29, 0.717) is 0 Å². The Morgan fingerprint density at radius 1 is 0.850 bits per heavy atom. The van der Waals surface area contributed by atoms with Crippen molar-refractivity contribution in [2.75, 3.05) is 32.7 Å². The van der Waals surface area contributed by atoms with Crippen LogP contribution >= 0.6 is 0 Å². The lowest BCUT2D eigenvalue weighted by Gasteiger charge is -2.21. The molecule has 2 heterocycles. The molecule has 116 valence electrons. The average Bonchev–Trinajstić information content (AvgIpc) is 2.83. The first kappa shape index (κ1) is 16.1. The van der Waals surface area contributed by atoms with Crippen LogP contribution in [0, 0.1) is 0 Å². The molecule has 2 fully saturated rings. The molecule has 0 N–H and O–H groups in total. The third-order valence-corrected chi connectivity index (χ3v) is 6.43. The van der Waals surface area contributed by atoms with Crippen LogP contribution in [0.2, 0.25) is 6.04 Å². The molecule has 2 aliphatic heterocycles. The second kappa shape index (κ2) is 9.62. The van der Waals surface area contributed by atoms with E-state index < -0.39 is 0 Å². The lowest BCUT2D eigenvalue weighted by atomic mass is 10.2. The summed E-state index contributed by atoms with van der Waals surface area (Å²) in [5.74, 6) is 0. The number of nitrogens with zero attached hydrogens (tertiary/aromatic N) is 2. The second-order valence-corrected chi connectivity index (χ2v) is 9.11. The smallest absolute Gasteiger partial charge is 0.0523 e. The molecule has 0 saturated carbocycles. The molecule has 2 saturated heterocycles. The standard InChI is InChI=1S/C17H34N2Si/c1-17(16-19-12-8-4-5-9-13-19)20-15-14-18-10-6-2-3-7-11-18/h16H,2-15,20H2,1H3. The van der Waals surface area contributed by atoms with Crippen molar-refractivity contribution in [3.05, 3.63) is 11.4 Å². The largest absolute Gasteiger partial charge is 0.378 e. The summed E-state index contributed by atoms with van der Waals surface area (Å²) in [6, 6.07) is 1.48. The zero-order valence-corrected chi connectivity index (χ0v) is 15.0. The average molecular weight is 295 g/mol. The van der Waals surface area contributed by atoms with Gasteiger partial charge < -0.3 is 9.80 Å². The molecule has 0 atom stereocenters. The van der Waals surface area contributed by atoms with Gasteiger partial charge in [-0.2, -0.15) is 0 Å². The maximum Gasteiger partial charge on any atom is 0.0523 e. The zero-order valence-electron chi connectivity index (χ0n) is 13.6. The Hall–Kier alpha value is -0.283. The molecule has 0 aromatic rings. The van der Waals surface area contributed by atoms with Gasteiger partial charge in [0.2, 0.25) is 0 Å². The second-order valence-electron chi connectivity index (χ2n) is 6.79. The van der Waals surface area contributed by atoms with Gasteiger partial charge in [0, 0.05) is 13.1 Å². The minimum Gasteiger partial charge on any atom is -0.378 e. The van der Waals surface area contributed by atoms with Crippen LogP contribution in [0.1, 0.15) is 58.3 Å². The lowest BCUT2D eigenvalue weighted by Crippen LogP contribution is -2.26. The van der Waals surface area contributed by atoms with Gasteiger partial charge in [-0.3, -0.25) is 0 Å². The van der Waals surface area contributed by atoms with Crippen LogP contribution in [0.25, 0.3) is 0 Å². The molecule has 0 unspecified atom stereocenters. The molecular weight excluding hydrogens is 260 g/mol. The van der Waals surface area contributed by atoms with Crippen molar-refractivity contribution in [3.8, 4) is 0 Å². The van der Waals surface area contributed by atoms with Gasteiger partial charge in [-0.25, -0.2) is 0 Å².